The number of rotatable bonds is 4. The summed E-state index contributed by atoms with van der Waals surface area (Å²) in [5, 5.41) is 4.07. The lowest BCUT2D eigenvalue weighted by Crippen LogP contribution is -2.43. The maximum atomic E-state index is 12.8. The van der Waals surface area contributed by atoms with Gasteiger partial charge < -0.3 is 9.64 Å². The quantitative estimate of drug-likeness (QED) is 0.851. The van der Waals surface area contributed by atoms with Crippen LogP contribution in [0.1, 0.15) is 30.1 Å². The number of carbonyl (C=O) groups is 1. The van der Waals surface area contributed by atoms with Crippen molar-refractivity contribution in [3.05, 3.63) is 36.5 Å². The number of likely N-dealkylation sites (tertiary alicyclic amines) is 1. The van der Waals surface area contributed by atoms with E-state index in [1.54, 1.807) is 18.3 Å². The molecular formula is C15H19N5O2. The summed E-state index contributed by atoms with van der Waals surface area (Å²) < 4.78 is 7.18. The van der Waals surface area contributed by atoms with Crippen LogP contribution in [0.3, 0.4) is 0 Å². The Morgan fingerprint density at radius 2 is 2.41 bits per heavy atom. The van der Waals surface area contributed by atoms with Crippen molar-refractivity contribution in [2.75, 3.05) is 19.7 Å². The fraction of sp³-hybridized carbons (Fsp3) is 0.467. The lowest BCUT2D eigenvalue weighted by atomic mass is 10.1. The number of hydrogen-bond acceptors (Lipinski definition) is 5. The number of aromatic nitrogens is 4. The smallest absolute Gasteiger partial charge is 0.257 e. The van der Waals surface area contributed by atoms with Crippen LogP contribution in [-0.4, -0.2) is 56.4 Å². The van der Waals surface area contributed by atoms with Crippen molar-refractivity contribution in [2.24, 2.45) is 0 Å². The number of nitrogens with zero attached hydrogens (tertiary/aromatic N) is 5. The Labute approximate surface area is 128 Å². The van der Waals surface area contributed by atoms with Crippen LogP contribution >= 0.6 is 0 Å². The molecule has 1 fully saturated rings. The molecule has 0 unspecified atom stereocenters. The van der Waals surface area contributed by atoms with Gasteiger partial charge in [-0.3, -0.25) is 4.79 Å². The first-order chi connectivity index (χ1) is 10.8. The molecule has 3 heterocycles. The van der Waals surface area contributed by atoms with Gasteiger partial charge in [-0.15, -0.1) is 0 Å². The molecule has 22 heavy (non-hydrogen) atoms. The number of pyridine rings is 1. The normalized spacial score (nSPS) is 18.4. The van der Waals surface area contributed by atoms with Gasteiger partial charge >= 0.3 is 0 Å². The molecule has 0 aromatic carbocycles. The Balaban J connectivity index is 1.83. The monoisotopic (exact) mass is 301 g/mol. The van der Waals surface area contributed by atoms with E-state index in [1.165, 1.54) is 17.3 Å². The van der Waals surface area contributed by atoms with Crippen molar-refractivity contribution in [3.8, 4) is 5.82 Å². The van der Waals surface area contributed by atoms with Gasteiger partial charge in [0, 0.05) is 25.9 Å². The molecule has 3 rings (SSSR count). The van der Waals surface area contributed by atoms with E-state index in [0.29, 0.717) is 24.5 Å². The fourth-order valence-corrected chi connectivity index (χ4v) is 2.73. The Bertz CT molecular complexity index is 627. The molecule has 0 N–H and O–H groups in total. The van der Waals surface area contributed by atoms with Gasteiger partial charge in [-0.25, -0.2) is 14.6 Å². The third kappa shape index (κ3) is 2.99. The van der Waals surface area contributed by atoms with Gasteiger partial charge in [-0.1, -0.05) is 0 Å². The maximum Gasteiger partial charge on any atom is 0.257 e. The predicted octanol–water partition coefficient (Wildman–Crippen LogP) is 1.30. The molecule has 0 radical (unpaired) electrons. The molecule has 7 nitrogen and oxygen atoms in total. The van der Waals surface area contributed by atoms with Gasteiger partial charge in [-0.05, 0) is 31.9 Å². The average molecular weight is 301 g/mol. The Kier molecular flexibility index (Phi) is 4.43. The number of amides is 1. The summed E-state index contributed by atoms with van der Waals surface area (Å²) in [5.74, 6) is 0.464. The van der Waals surface area contributed by atoms with Gasteiger partial charge in [0.1, 0.15) is 12.7 Å². The first-order valence-electron chi connectivity index (χ1n) is 7.50. The minimum absolute atomic E-state index is 0.0389. The number of carbonyl (C=O) groups excluding carboxylic acids is 1. The van der Waals surface area contributed by atoms with Crippen molar-refractivity contribution >= 4 is 5.91 Å². The van der Waals surface area contributed by atoms with E-state index >= 15 is 0 Å². The van der Waals surface area contributed by atoms with E-state index in [9.17, 15) is 4.79 Å². The molecule has 116 valence electrons. The summed E-state index contributed by atoms with van der Waals surface area (Å²) in [5.41, 5.74) is 0.533. The highest BCUT2D eigenvalue weighted by Crippen LogP contribution is 2.18. The third-order valence-corrected chi connectivity index (χ3v) is 3.72. The third-order valence-electron chi connectivity index (χ3n) is 3.72. The first kappa shape index (κ1) is 14.6. The molecule has 0 bridgehead atoms. The largest absolute Gasteiger partial charge is 0.377 e. The van der Waals surface area contributed by atoms with Crippen molar-refractivity contribution < 1.29 is 9.53 Å². The van der Waals surface area contributed by atoms with Crippen LogP contribution in [-0.2, 0) is 4.74 Å². The second-order valence-corrected chi connectivity index (χ2v) is 5.19. The zero-order chi connectivity index (χ0) is 15.4. The van der Waals surface area contributed by atoms with Gasteiger partial charge in [0.15, 0.2) is 5.82 Å². The van der Waals surface area contributed by atoms with E-state index in [0.717, 1.165) is 19.4 Å². The number of piperidine rings is 1. The molecule has 0 saturated carbocycles. The lowest BCUT2D eigenvalue weighted by Gasteiger charge is -2.32. The molecule has 1 aliphatic heterocycles. The van der Waals surface area contributed by atoms with Gasteiger partial charge in [0.2, 0.25) is 0 Å². The van der Waals surface area contributed by atoms with Gasteiger partial charge in [0.25, 0.3) is 5.91 Å². The zero-order valence-corrected chi connectivity index (χ0v) is 12.6. The molecule has 2 aromatic heterocycles. The Morgan fingerprint density at radius 1 is 1.50 bits per heavy atom. The van der Waals surface area contributed by atoms with Crippen molar-refractivity contribution in [1.29, 1.82) is 0 Å². The topological polar surface area (TPSA) is 73.1 Å². The molecule has 2 aromatic rings. The Hall–Kier alpha value is -2.28. The van der Waals surface area contributed by atoms with Crippen LogP contribution < -0.4 is 0 Å². The van der Waals surface area contributed by atoms with E-state index in [-0.39, 0.29) is 12.0 Å². The molecule has 1 amide bonds. The number of hydrogen-bond donors (Lipinski definition) is 0. The van der Waals surface area contributed by atoms with E-state index in [1.807, 2.05) is 11.8 Å². The van der Waals surface area contributed by atoms with Crippen LogP contribution in [0.25, 0.3) is 5.82 Å². The van der Waals surface area contributed by atoms with Crippen molar-refractivity contribution in [3.63, 3.8) is 0 Å². The first-order valence-corrected chi connectivity index (χ1v) is 7.50. The minimum Gasteiger partial charge on any atom is -0.377 e. The van der Waals surface area contributed by atoms with Gasteiger partial charge in [0.05, 0.1) is 11.7 Å². The van der Waals surface area contributed by atoms with Crippen LogP contribution in [0.4, 0.5) is 0 Å². The maximum absolute atomic E-state index is 12.8. The second kappa shape index (κ2) is 6.65. The van der Waals surface area contributed by atoms with Crippen LogP contribution in [0.5, 0.6) is 0 Å². The molecule has 0 aliphatic carbocycles. The van der Waals surface area contributed by atoms with E-state index in [2.05, 4.69) is 15.1 Å². The lowest BCUT2D eigenvalue weighted by molar-refractivity contribution is 0.00722. The molecule has 1 saturated heterocycles. The standard InChI is InChI=1S/C15H19N5O2/c1-2-22-12-5-4-8-19(9-12)15(21)13-6-3-7-17-14(13)20-11-16-10-18-20/h3,6-7,10-12H,2,4-5,8-9H2,1H3/t12-/m0/s1. The highest BCUT2D eigenvalue weighted by molar-refractivity contribution is 5.97. The Morgan fingerprint density at radius 3 is 3.18 bits per heavy atom. The summed E-state index contributed by atoms with van der Waals surface area (Å²) in [7, 11) is 0. The van der Waals surface area contributed by atoms with Crippen LogP contribution in [0.15, 0.2) is 31.0 Å². The van der Waals surface area contributed by atoms with E-state index < -0.39 is 0 Å². The highest BCUT2D eigenvalue weighted by atomic mass is 16.5. The van der Waals surface area contributed by atoms with Crippen molar-refractivity contribution in [1.82, 2.24) is 24.6 Å². The molecule has 1 aliphatic rings. The minimum atomic E-state index is -0.0389. The molecular weight excluding hydrogens is 282 g/mol. The van der Waals surface area contributed by atoms with Crippen LogP contribution in [0.2, 0.25) is 0 Å². The molecule has 7 heteroatoms. The highest BCUT2D eigenvalue weighted by Gasteiger charge is 2.26. The summed E-state index contributed by atoms with van der Waals surface area (Å²) >= 11 is 0. The van der Waals surface area contributed by atoms with Gasteiger partial charge in [-0.2, -0.15) is 5.10 Å². The number of ether oxygens (including phenoxy) is 1. The average Bonchev–Trinajstić information content (AvgIpc) is 3.09. The molecule has 1 atom stereocenters. The SMILES string of the molecule is CCO[C@H]1CCCN(C(=O)c2cccnc2-n2cncn2)C1. The summed E-state index contributed by atoms with van der Waals surface area (Å²) in [6.45, 7) is 4.01. The van der Waals surface area contributed by atoms with Crippen LogP contribution in [0, 0.1) is 0 Å². The van der Waals surface area contributed by atoms with Crippen molar-refractivity contribution in [2.45, 2.75) is 25.9 Å². The summed E-state index contributed by atoms with van der Waals surface area (Å²) in [6, 6.07) is 3.54. The zero-order valence-electron chi connectivity index (χ0n) is 12.6. The summed E-state index contributed by atoms with van der Waals surface area (Å²) in [4.78, 5) is 22.9. The fourth-order valence-electron chi connectivity index (χ4n) is 2.73. The second-order valence-electron chi connectivity index (χ2n) is 5.19. The molecule has 0 spiro atoms. The summed E-state index contributed by atoms with van der Waals surface area (Å²) in [6.07, 6.45) is 6.69. The predicted molar refractivity (Wildman–Crippen MR) is 79.7 cm³/mol. The van der Waals surface area contributed by atoms with E-state index in [4.69, 9.17) is 4.74 Å².